The highest BCUT2D eigenvalue weighted by Gasteiger charge is 2.28. The van der Waals surface area contributed by atoms with Crippen molar-refractivity contribution >= 4 is 9.84 Å². The number of aromatic nitrogens is 2. The van der Waals surface area contributed by atoms with E-state index in [9.17, 15) is 8.42 Å². The van der Waals surface area contributed by atoms with E-state index in [2.05, 4.69) is 15.5 Å². The summed E-state index contributed by atoms with van der Waals surface area (Å²) in [6.45, 7) is 1.62. The van der Waals surface area contributed by atoms with Crippen molar-refractivity contribution in [1.29, 1.82) is 0 Å². The molecule has 0 amide bonds. The number of hydrogen-bond acceptors (Lipinski definition) is 6. The van der Waals surface area contributed by atoms with Crippen LogP contribution >= 0.6 is 0 Å². The minimum absolute atomic E-state index is 0.0500. The minimum atomic E-state index is -3.29. The second-order valence-electron chi connectivity index (χ2n) is 3.93. The predicted octanol–water partition coefficient (Wildman–Crippen LogP) is 0.962. The van der Waals surface area contributed by atoms with Crippen LogP contribution in [0.2, 0.25) is 0 Å². The molecule has 1 aliphatic rings. The van der Waals surface area contributed by atoms with Gasteiger partial charge in [-0.2, -0.15) is 0 Å². The molecule has 1 unspecified atom stereocenters. The van der Waals surface area contributed by atoms with Crippen LogP contribution in [-0.4, -0.2) is 31.5 Å². The highest BCUT2D eigenvalue weighted by atomic mass is 32.2. The highest BCUT2D eigenvalue weighted by Crippen LogP contribution is 2.27. The lowest BCUT2D eigenvalue weighted by Crippen LogP contribution is -2.26. The van der Waals surface area contributed by atoms with Crippen LogP contribution in [0.3, 0.4) is 0 Å². The Hall–Kier alpha value is -1.89. The van der Waals surface area contributed by atoms with E-state index >= 15 is 0 Å². The van der Waals surface area contributed by atoms with E-state index in [0.29, 0.717) is 16.5 Å². The average molecular weight is 281 g/mol. The maximum Gasteiger partial charge on any atom is 0.233 e. The molecule has 2 heterocycles. The SMILES string of the molecule is CCS(=O)(=O)C1=CC=CNC1c1ccc(OC)nn1. The van der Waals surface area contributed by atoms with Gasteiger partial charge in [0.1, 0.15) is 6.04 Å². The molecule has 0 bridgehead atoms. The monoisotopic (exact) mass is 281 g/mol. The van der Waals surface area contributed by atoms with Gasteiger partial charge in [-0.3, -0.25) is 0 Å². The smallest absolute Gasteiger partial charge is 0.233 e. The van der Waals surface area contributed by atoms with Crippen molar-refractivity contribution in [2.75, 3.05) is 12.9 Å². The van der Waals surface area contributed by atoms with Crippen LogP contribution < -0.4 is 10.1 Å². The van der Waals surface area contributed by atoms with Crippen LogP contribution in [0.4, 0.5) is 0 Å². The Balaban J connectivity index is 2.37. The van der Waals surface area contributed by atoms with Crippen LogP contribution in [0.25, 0.3) is 0 Å². The first-order valence-electron chi connectivity index (χ1n) is 5.81. The predicted molar refractivity (Wildman–Crippen MR) is 71.1 cm³/mol. The number of ether oxygens (including phenoxy) is 1. The molecule has 19 heavy (non-hydrogen) atoms. The zero-order valence-corrected chi connectivity index (χ0v) is 11.5. The van der Waals surface area contributed by atoms with Crippen molar-refractivity contribution < 1.29 is 13.2 Å². The van der Waals surface area contributed by atoms with E-state index in [0.717, 1.165) is 0 Å². The number of nitrogens with zero attached hydrogens (tertiary/aromatic N) is 2. The van der Waals surface area contributed by atoms with Crippen LogP contribution in [0.5, 0.6) is 5.88 Å². The fourth-order valence-electron chi connectivity index (χ4n) is 1.75. The lowest BCUT2D eigenvalue weighted by atomic mass is 10.1. The van der Waals surface area contributed by atoms with Gasteiger partial charge < -0.3 is 10.1 Å². The second-order valence-corrected chi connectivity index (χ2v) is 6.21. The molecule has 0 saturated heterocycles. The molecule has 0 spiro atoms. The van der Waals surface area contributed by atoms with E-state index in [1.165, 1.54) is 7.11 Å². The van der Waals surface area contributed by atoms with Gasteiger partial charge in [-0.05, 0) is 24.4 Å². The second kappa shape index (κ2) is 5.40. The van der Waals surface area contributed by atoms with E-state index in [1.807, 2.05) is 0 Å². The molecule has 1 atom stereocenters. The van der Waals surface area contributed by atoms with Crippen molar-refractivity contribution in [3.63, 3.8) is 0 Å². The Labute approximate surface area is 112 Å². The van der Waals surface area contributed by atoms with Gasteiger partial charge in [0.2, 0.25) is 5.88 Å². The molecular weight excluding hydrogens is 266 g/mol. The molecule has 0 fully saturated rings. The van der Waals surface area contributed by atoms with Crippen LogP contribution in [0, 0.1) is 0 Å². The Morgan fingerprint density at radius 1 is 1.37 bits per heavy atom. The lowest BCUT2D eigenvalue weighted by Gasteiger charge is -2.22. The summed E-state index contributed by atoms with van der Waals surface area (Å²) in [7, 11) is -1.79. The topological polar surface area (TPSA) is 81.2 Å². The molecule has 1 N–H and O–H groups in total. The fourth-order valence-corrected chi connectivity index (χ4v) is 2.91. The van der Waals surface area contributed by atoms with Crippen molar-refractivity contribution in [2.24, 2.45) is 0 Å². The molecule has 0 aliphatic carbocycles. The quantitative estimate of drug-likeness (QED) is 0.885. The summed E-state index contributed by atoms with van der Waals surface area (Å²) in [5, 5.41) is 10.8. The Morgan fingerprint density at radius 2 is 2.16 bits per heavy atom. The number of dihydropyridines is 1. The first-order chi connectivity index (χ1) is 9.08. The summed E-state index contributed by atoms with van der Waals surface area (Å²) in [5.41, 5.74) is 0.536. The number of methoxy groups -OCH3 is 1. The minimum Gasteiger partial charge on any atom is -0.480 e. The highest BCUT2D eigenvalue weighted by molar-refractivity contribution is 7.95. The summed E-state index contributed by atoms with van der Waals surface area (Å²) in [6, 6.07) is 2.84. The summed E-state index contributed by atoms with van der Waals surface area (Å²) in [6.07, 6.45) is 4.94. The number of hydrogen-bond donors (Lipinski definition) is 1. The van der Waals surface area contributed by atoms with E-state index in [4.69, 9.17) is 4.74 Å². The van der Waals surface area contributed by atoms with Gasteiger partial charge in [-0.15, -0.1) is 10.2 Å². The molecule has 0 aromatic carbocycles. The van der Waals surface area contributed by atoms with Gasteiger partial charge in [0, 0.05) is 6.07 Å². The first kappa shape index (κ1) is 13.5. The van der Waals surface area contributed by atoms with Gasteiger partial charge in [0.15, 0.2) is 9.84 Å². The van der Waals surface area contributed by atoms with Gasteiger partial charge in [-0.25, -0.2) is 8.42 Å². The molecule has 6 nitrogen and oxygen atoms in total. The Morgan fingerprint density at radius 3 is 2.74 bits per heavy atom. The number of sulfone groups is 1. The van der Waals surface area contributed by atoms with Gasteiger partial charge in [-0.1, -0.05) is 6.92 Å². The summed E-state index contributed by atoms with van der Waals surface area (Å²) in [4.78, 5) is 0.303. The number of rotatable bonds is 4. The number of allylic oxidation sites excluding steroid dienone is 2. The molecule has 2 rings (SSSR count). The maximum absolute atomic E-state index is 12.0. The van der Waals surface area contributed by atoms with Crippen molar-refractivity contribution in [3.8, 4) is 5.88 Å². The third-order valence-electron chi connectivity index (χ3n) is 2.81. The van der Waals surface area contributed by atoms with E-state index in [-0.39, 0.29) is 5.75 Å². The largest absolute Gasteiger partial charge is 0.480 e. The van der Waals surface area contributed by atoms with Crippen LogP contribution in [0.15, 0.2) is 35.4 Å². The normalized spacial score (nSPS) is 18.6. The molecular formula is C12H15N3O3S. The van der Waals surface area contributed by atoms with Crippen LogP contribution in [-0.2, 0) is 9.84 Å². The third-order valence-corrected chi connectivity index (χ3v) is 4.66. The molecule has 7 heteroatoms. The Kier molecular flexibility index (Phi) is 3.84. The average Bonchev–Trinajstić information content (AvgIpc) is 2.47. The number of nitrogens with one attached hydrogen (secondary N) is 1. The van der Waals surface area contributed by atoms with Crippen molar-refractivity contribution in [2.45, 2.75) is 13.0 Å². The van der Waals surface area contributed by atoms with Gasteiger partial charge >= 0.3 is 0 Å². The van der Waals surface area contributed by atoms with Crippen LogP contribution in [0.1, 0.15) is 18.7 Å². The third kappa shape index (κ3) is 2.76. The van der Waals surface area contributed by atoms with Crippen molar-refractivity contribution in [3.05, 3.63) is 41.1 Å². The zero-order chi connectivity index (χ0) is 13.9. The summed E-state index contributed by atoms with van der Waals surface area (Å²) < 4.78 is 29.0. The van der Waals surface area contributed by atoms with E-state index in [1.54, 1.807) is 37.4 Å². The summed E-state index contributed by atoms with van der Waals surface area (Å²) >= 11 is 0. The van der Waals surface area contributed by atoms with Crippen molar-refractivity contribution in [1.82, 2.24) is 15.5 Å². The lowest BCUT2D eigenvalue weighted by molar-refractivity contribution is 0.390. The van der Waals surface area contributed by atoms with Gasteiger partial charge in [0.05, 0.1) is 23.5 Å². The molecule has 1 aromatic rings. The molecule has 102 valence electrons. The molecule has 1 aliphatic heterocycles. The van der Waals surface area contributed by atoms with E-state index < -0.39 is 15.9 Å². The van der Waals surface area contributed by atoms with Gasteiger partial charge in [0.25, 0.3) is 0 Å². The summed E-state index contributed by atoms with van der Waals surface area (Å²) in [5.74, 6) is 0.438. The first-order valence-corrected chi connectivity index (χ1v) is 7.47. The molecule has 0 saturated carbocycles. The standard InChI is InChI=1S/C12H15N3O3S/c1-3-19(16,17)10-5-4-8-13-12(10)9-6-7-11(18-2)15-14-9/h4-8,12-13H,3H2,1-2H3. The zero-order valence-electron chi connectivity index (χ0n) is 10.7. The Bertz CT molecular complexity index is 606. The molecule has 1 aromatic heterocycles. The maximum atomic E-state index is 12.0. The molecule has 0 radical (unpaired) electrons. The fraction of sp³-hybridized carbons (Fsp3) is 0.333.